The van der Waals surface area contributed by atoms with Gasteiger partial charge in [0, 0.05) is 41.5 Å². The Bertz CT molecular complexity index is 1120. The molecule has 0 saturated carbocycles. The van der Waals surface area contributed by atoms with Crippen LogP contribution in [0.15, 0.2) is 60.9 Å². The van der Waals surface area contributed by atoms with E-state index in [0.717, 1.165) is 29.2 Å². The second-order valence-electron chi connectivity index (χ2n) is 6.30. The fourth-order valence-electron chi connectivity index (χ4n) is 3.30. The highest BCUT2D eigenvalue weighted by molar-refractivity contribution is 5.95. The lowest BCUT2D eigenvalue weighted by Gasteiger charge is -2.12. The molecule has 0 aliphatic rings. The van der Waals surface area contributed by atoms with Gasteiger partial charge in [0.15, 0.2) is 0 Å². The number of rotatable bonds is 6. The summed E-state index contributed by atoms with van der Waals surface area (Å²) in [6.45, 7) is 3.04. The number of aromatic nitrogens is 3. The van der Waals surface area contributed by atoms with E-state index in [1.165, 1.54) is 10.9 Å². The first-order valence-electron chi connectivity index (χ1n) is 9.13. The van der Waals surface area contributed by atoms with Gasteiger partial charge in [-0.3, -0.25) is 0 Å². The molecule has 0 amide bonds. The molecule has 0 spiro atoms. The molecule has 6 nitrogen and oxygen atoms in total. The average molecular weight is 374 g/mol. The van der Waals surface area contributed by atoms with E-state index in [2.05, 4.69) is 52.3 Å². The molecule has 0 atom stereocenters. The van der Waals surface area contributed by atoms with E-state index in [0.29, 0.717) is 11.7 Å². The highest BCUT2D eigenvalue weighted by atomic mass is 16.5. The second-order valence-corrected chi connectivity index (χ2v) is 6.30. The Labute approximate surface area is 163 Å². The quantitative estimate of drug-likeness (QED) is 0.521. The molecule has 142 valence electrons. The topological polar surface area (TPSA) is 61.2 Å². The molecule has 0 radical (unpaired) electrons. The van der Waals surface area contributed by atoms with Gasteiger partial charge in [0.05, 0.1) is 25.6 Å². The molecule has 0 aliphatic heterocycles. The van der Waals surface area contributed by atoms with Crippen molar-refractivity contribution < 1.29 is 9.47 Å². The summed E-state index contributed by atoms with van der Waals surface area (Å²) in [5.41, 5.74) is 3.93. The fraction of sp³-hybridized carbons (Fsp3) is 0.182. The van der Waals surface area contributed by atoms with Crippen LogP contribution in [0.5, 0.6) is 11.5 Å². The third-order valence-corrected chi connectivity index (χ3v) is 4.72. The first-order valence-corrected chi connectivity index (χ1v) is 9.13. The smallest absolute Gasteiger partial charge is 0.227 e. The minimum absolute atomic E-state index is 0.509. The number of benzene rings is 2. The van der Waals surface area contributed by atoms with Crippen molar-refractivity contribution in [2.24, 2.45) is 0 Å². The van der Waals surface area contributed by atoms with Crippen molar-refractivity contribution in [3.05, 3.63) is 60.9 Å². The molecule has 2 aromatic carbocycles. The molecular weight excluding hydrogens is 352 g/mol. The van der Waals surface area contributed by atoms with Gasteiger partial charge in [0.1, 0.15) is 11.5 Å². The minimum Gasteiger partial charge on any atom is -0.497 e. The molecule has 2 heterocycles. The van der Waals surface area contributed by atoms with Gasteiger partial charge in [-0.15, -0.1) is 0 Å². The van der Waals surface area contributed by atoms with E-state index >= 15 is 0 Å². The Kier molecular flexibility index (Phi) is 4.85. The highest BCUT2D eigenvalue weighted by Gasteiger charge is 2.12. The van der Waals surface area contributed by atoms with Crippen LogP contribution in [0.4, 0.5) is 11.6 Å². The van der Waals surface area contributed by atoms with Crippen LogP contribution < -0.4 is 14.8 Å². The van der Waals surface area contributed by atoms with Crippen LogP contribution in [0.25, 0.3) is 22.2 Å². The number of methoxy groups -OCH3 is 2. The monoisotopic (exact) mass is 374 g/mol. The summed E-state index contributed by atoms with van der Waals surface area (Å²) < 4.78 is 12.9. The van der Waals surface area contributed by atoms with Gasteiger partial charge in [-0.2, -0.15) is 0 Å². The van der Waals surface area contributed by atoms with Crippen LogP contribution >= 0.6 is 0 Å². The van der Waals surface area contributed by atoms with Crippen LogP contribution in [0, 0.1) is 0 Å². The number of hydrogen-bond acceptors (Lipinski definition) is 5. The van der Waals surface area contributed by atoms with E-state index in [1.807, 2.05) is 24.3 Å². The van der Waals surface area contributed by atoms with Crippen molar-refractivity contribution in [1.82, 2.24) is 14.5 Å². The molecule has 4 rings (SSSR count). The van der Waals surface area contributed by atoms with Gasteiger partial charge in [-0.1, -0.05) is 18.2 Å². The van der Waals surface area contributed by atoms with Gasteiger partial charge >= 0.3 is 0 Å². The van der Waals surface area contributed by atoms with Crippen LogP contribution in [-0.4, -0.2) is 28.8 Å². The third kappa shape index (κ3) is 3.24. The van der Waals surface area contributed by atoms with E-state index in [-0.39, 0.29) is 0 Å². The number of anilines is 2. The SMILES string of the molecule is CCn1cc(-c2ccnc(Nc3ccc(OC)cc3OC)n2)c2ccccc21. The van der Waals surface area contributed by atoms with Crippen molar-refractivity contribution in [3.8, 4) is 22.8 Å². The molecule has 0 aliphatic carbocycles. The first kappa shape index (κ1) is 17.9. The van der Waals surface area contributed by atoms with Crippen molar-refractivity contribution in [2.75, 3.05) is 19.5 Å². The maximum atomic E-state index is 5.45. The number of ether oxygens (including phenoxy) is 2. The molecule has 28 heavy (non-hydrogen) atoms. The van der Waals surface area contributed by atoms with E-state index in [1.54, 1.807) is 20.4 Å². The highest BCUT2D eigenvalue weighted by Crippen LogP contribution is 2.32. The number of para-hydroxylation sites is 1. The number of nitrogens with zero attached hydrogens (tertiary/aromatic N) is 3. The molecule has 0 bridgehead atoms. The van der Waals surface area contributed by atoms with Crippen LogP contribution in [0.2, 0.25) is 0 Å². The number of fused-ring (bicyclic) bond motifs is 1. The molecule has 2 aromatic heterocycles. The predicted octanol–water partition coefficient (Wildman–Crippen LogP) is 4.88. The average Bonchev–Trinajstić information content (AvgIpc) is 3.13. The summed E-state index contributed by atoms with van der Waals surface area (Å²) in [5, 5.41) is 4.42. The Hall–Kier alpha value is -3.54. The van der Waals surface area contributed by atoms with Crippen molar-refractivity contribution in [1.29, 1.82) is 0 Å². The summed E-state index contributed by atoms with van der Waals surface area (Å²) in [7, 11) is 3.25. The van der Waals surface area contributed by atoms with Crippen molar-refractivity contribution in [2.45, 2.75) is 13.5 Å². The standard InChI is InChI=1S/C22H22N4O2/c1-4-26-14-17(16-7-5-6-8-20(16)26)18-11-12-23-22(24-18)25-19-10-9-15(27-2)13-21(19)28-3/h5-14H,4H2,1-3H3,(H,23,24,25). The molecule has 6 heteroatoms. The lowest BCUT2D eigenvalue weighted by molar-refractivity contribution is 0.395. The summed E-state index contributed by atoms with van der Waals surface area (Å²) in [5.74, 6) is 1.90. The summed E-state index contributed by atoms with van der Waals surface area (Å²) in [4.78, 5) is 9.10. The van der Waals surface area contributed by atoms with E-state index in [4.69, 9.17) is 14.5 Å². The maximum absolute atomic E-state index is 5.45. The second kappa shape index (κ2) is 7.60. The van der Waals surface area contributed by atoms with Gasteiger partial charge in [-0.05, 0) is 31.2 Å². The first-order chi connectivity index (χ1) is 13.7. The van der Waals surface area contributed by atoms with Gasteiger partial charge < -0.3 is 19.4 Å². The number of nitrogens with one attached hydrogen (secondary N) is 1. The minimum atomic E-state index is 0.509. The molecule has 0 unspecified atom stereocenters. The number of hydrogen-bond donors (Lipinski definition) is 1. The molecule has 0 fully saturated rings. The molecule has 1 N–H and O–H groups in total. The van der Waals surface area contributed by atoms with Crippen LogP contribution in [0.3, 0.4) is 0 Å². The Morgan fingerprint density at radius 3 is 2.68 bits per heavy atom. The lowest BCUT2D eigenvalue weighted by Crippen LogP contribution is -2.00. The van der Waals surface area contributed by atoms with E-state index < -0.39 is 0 Å². The van der Waals surface area contributed by atoms with Crippen molar-refractivity contribution in [3.63, 3.8) is 0 Å². The fourth-order valence-corrected chi connectivity index (χ4v) is 3.30. The van der Waals surface area contributed by atoms with Crippen LogP contribution in [0.1, 0.15) is 6.92 Å². The normalized spacial score (nSPS) is 10.8. The molecule has 0 saturated heterocycles. The third-order valence-electron chi connectivity index (χ3n) is 4.72. The Morgan fingerprint density at radius 1 is 1.04 bits per heavy atom. The van der Waals surface area contributed by atoms with Crippen LogP contribution in [-0.2, 0) is 6.54 Å². The summed E-state index contributed by atoms with van der Waals surface area (Å²) in [6, 6.07) is 15.9. The summed E-state index contributed by atoms with van der Waals surface area (Å²) in [6.07, 6.45) is 3.91. The van der Waals surface area contributed by atoms with Gasteiger partial charge in [0.2, 0.25) is 5.95 Å². The lowest BCUT2D eigenvalue weighted by atomic mass is 10.1. The van der Waals surface area contributed by atoms with Gasteiger partial charge in [0.25, 0.3) is 0 Å². The largest absolute Gasteiger partial charge is 0.497 e. The Morgan fingerprint density at radius 2 is 1.89 bits per heavy atom. The summed E-state index contributed by atoms with van der Waals surface area (Å²) >= 11 is 0. The van der Waals surface area contributed by atoms with E-state index in [9.17, 15) is 0 Å². The molecule has 4 aromatic rings. The van der Waals surface area contributed by atoms with Gasteiger partial charge in [-0.25, -0.2) is 9.97 Å². The zero-order chi connectivity index (χ0) is 19.5. The zero-order valence-corrected chi connectivity index (χ0v) is 16.1. The molecular formula is C22H22N4O2. The predicted molar refractivity (Wildman–Crippen MR) is 111 cm³/mol. The van der Waals surface area contributed by atoms with Crippen molar-refractivity contribution >= 4 is 22.5 Å². The Balaban J connectivity index is 1.72. The maximum Gasteiger partial charge on any atom is 0.227 e. The number of aryl methyl sites for hydroxylation is 1. The zero-order valence-electron chi connectivity index (χ0n) is 16.1.